The van der Waals surface area contributed by atoms with Gasteiger partial charge in [0, 0.05) is 50.9 Å². The third-order valence-corrected chi connectivity index (χ3v) is 7.69. The number of likely N-dealkylation sites (N-methyl/N-ethyl adjacent to an activating group) is 1. The molecular weight excluding hydrogens is 525 g/mol. The van der Waals surface area contributed by atoms with Gasteiger partial charge >= 0.3 is 6.09 Å². The highest BCUT2D eigenvalue weighted by Gasteiger charge is 2.42. The summed E-state index contributed by atoms with van der Waals surface area (Å²) < 4.78 is 26.8. The van der Waals surface area contributed by atoms with E-state index >= 15 is 0 Å². The Morgan fingerprint density at radius 3 is 2.54 bits per heavy atom. The fourth-order valence-corrected chi connectivity index (χ4v) is 5.73. The van der Waals surface area contributed by atoms with Crippen molar-refractivity contribution in [1.82, 2.24) is 19.7 Å². The molecule has 0 spiro atoms. The van der Waals surface area contributed by atoms with Crippen LogP contribution < -0.4 is 9.64 Å². The van der Waals surface area contributed by atoms with Crippen molar-refractivity contribution in [1.29, 1.82) is 0 Å². The topological polar surface area (TPSA) is 78.5 Å². The molecule has 0 unspecified atom stereocenters. The van der Waals surface area contributed by atoms with Gasteiger partial charge in [0.15, 0.2) is 5.75 Å². The molecule has 3 aliphatic rings. The molecule has 2 atom stereocenters. The summed E-state index contributed by atoms with van der Waals surface area (Å²) in [6.07, 6.45) is -0.426. The lowest BCUT2D eigenvalue weighted by Crippen LogP contribution is -2.58. The van der Waals surface area contributed by atoms with Crippen molar-refractivity contribution in [2.45, 2.75) is 45.4 Å². The quantitative estimate of drug-likeness (QED) is 0.547. The van der Waals surface area contributed by atoms with Gasteiger partial charge in [-0.25, -0.2) is 14.2 Å². The van der Waals surface area contributed by atoms with Crippen LogP contribution in [0.25, 0.3) is 11.3 Å². The van der Waals surface area contributed by atoms with E-state index in [0.29, 0.717) is 25.5 Å². The highest BCUT2D eigenvalue weighted by Crippen LogP contribution is 2.44. The first-order chi connectivity index (χ1) is 18.4. The second kappa shape index (κ2) is 10.5. The number of ether oxygens (including phenoxy) is 2. The highest BCUT2D eigenvalue weighted by atomic mass is 35.5. The number of amides is 2. The number of carbonyl (C=O) groups is 2. The van der Waals surface area contributed by atoms with Crippen LogP contribution in [0, 0.1) is 5.82 Å². The molecule has 2 saturated heterocycles. The number of fused-ring (bicyclic) bond motifs is 2. The summed E-state index contributed by atoms with van der Waals surface area (Å²) in [5.74, 6) is -0.0794. The number of pyridine rings is 1. The molecule has 2 amide bonds. The van der Waals surface area contributed by atoms with Crippen molar-refractivity contribution in [2.75, 3.05) is 57.8 Å². The zero-order valence-electron chi connectivity index (χ0n) is 23.0. The van der Waals surface area contributed by atoms with Crippen LogP contribution in [0.15, 0.2) is 24.3 Å². The number of aromatic nitrogens is 1. The first-order valence-corrected chi connectivity index (χ1v) is 13.7. The van der Waals surface area contributed by atoms with E-state index in [4.69, 9.17) is 26.1 Å². The molecule has 1 aromatic heterocycles. The number of anilines is 1. The van der Waals surface area contributed by atoms with Crippen molar-refractivity contribution in [2.24, 2.45) is 0 Å². The lowest BCUT2D eigenvalue weighted by molar-refractivity contribution is 0.000952. The van der Waals surface area contributed by atoms with Crippen molar-refractivity contribution in [3.63, 3.8) is 0 Å². The monoisotopic (exact) mass is 559 g/mol. The number of hydrogen-bond acceptors (Lipinski definition) is 7. The zero-order chi connectivity index (χ0) is 28.1. The van der Waals surface area contributed by atoms with E-state index in [9.17, 15) is 14.0 Å². The van der Waals surface area contributed by atoms with Gasteiger partial charge in [0.05, 0.1) is 11.7 Å². The molecule has 210 valence electrons. The van der Waals surface area contributed by atoms with Gasteiger partial charge in [-0.2, -0.15) is 0 Å². The van der Waals surface area contributed by atoms with Gasteiger partial charge in [-0.15, -0.1) is 0 Å². The molecular formula is C28H35ClFN5O4. The minimum Gasteiger partial charge on any atom is -0.489 e. The first-order valence-electron chi connectivity index (χ1n) is 13.3. The van der Waals surface area contributed by atoms with Crippen LogP contribution in [0.1, 0.15) is 38.1 Å². The lowest BCUT2D eigenvalue weighted by atomic mass is 10.0. The summed E-state index contributed by atoms with van der Waals surface area (Å²) in [7, 11) is 2.05. The number of carbonyl (C=O) groups excluding carboxylic acids is 2. The molecule has 1 aromatic carbocycles. The first kappa shape index (κ1) is 27.5. The van der Waals surface area contributed by atoms with E-state index in [1.165, 1.54) is 6.07 Å². The Bertz CT molecular complexity index is 1290. The van der Waals surface area contributed by atoms with E-state index in [1.807, 2.05) is 20.8 Å². The van der Waals surface area contributed by atoms with Gasteiger partial charge in [-0.1, -0.05) is 23.7 Å². The number of piperazine rings is 2. The van der Waals surface area contributed by atoms with Crippen LogP contribution >= 0.6 is 11.6 Å². The number of halogens is 2. The van der Waals surface area contributed by atoms with Gasteiger partial charge in [-0.05, 0) is 46.9 Å². The minimum absolute atomic E-state index is 0.0471. The largest absolute Gasteiger partial charge is 0.489 e. The Labute approximate surface area is 233 Å². The molecule has 2 aromatic rings. The van der Waals surface area contributed by atoms with E-state index < -0.39 is 23.6 Å². The fourth-order valence-electron chi connectivity index (χ4n) is 5.43. The van der Waals surface area contributed by atoms with Crippen LogP contribution in [0.2, 0.25) is 5.02 Å². The Kier molecular flexibility index (Phi) is 7.37. The van der Waals surface area contributed by atoms with Crippen molar-refractivity contribution < 1.29 is 23.5 Å². The minimum atomic E-state index is -0.628. The molecule has 0 aliphatic carbocycles. The SMILES string of the molecule is C[C@H]1CN(C)CCN1c1nc(-c2ccccc2F)c(Cl)c2c1C(=O)N1CCN(C(=O)OC(C)(C)C)C[C@@H]1CO2. The second-order valence-electron chi connectivity index (χ2n) is 11.5. The number of rotatable bonds is 2. The number of benzene rings is 1. The van der Waals surface area contributed by atoms with Gasteiger partial charge in [0.2, 0.25) is 0 Å². The zero-order valence-corrected chi connectivity index (χ0v) is 23.8. The Morgan fingerprint density at radius 2 is 1.85 bits per heavy atom. The maximum atomic E-state index is 14.9. The Morgan fingerprint density at radius 1 is 1.13 bits per heavy atom. The van der Waals surface area contributed by atoms with Gasteiger partial charge in [-0.3, -0.25) is 4.79 Å². The molecule has 3 aliphatic heterocycles. The van der Waals surface area contributed by atoms with Gasteiger partial charge in [0.1, 0.15) is 34.4 Å². The van der Waals surface area contributed by atoms with Crippen LogP contribution in [-0.4, -0.2) is 102 Å². The summed E-state index contributed by atoms with van der Waals surface area (Å²) in [5, 5.41) is 0.0952. The summed E-state index contributed by atoms with van der Waals surface area (Å²) in [4.78, 5) is 39.4. The standard InChI is InChI=1S/C28H35ClFN5O4/c1-17-14-32(5)10-12-34(17)25-21-24(22(29)23(31-25)19-8-6-7-9-20(19)30)38-16-18-15-33(11-13-35(18)26(21)36)27(37)39-28(2,3)4/h6-9,17-18H,10-16H2,1-5H3/t17-,18+/m0/s1. The molecule has 0 bridgehead atoms. The summed E-state index contributed by atoms with van der Waals surface area (Å²) in [6, 6.07) is 5.94. The smallest absolute Gasteiger partial charge is 0.410 e. The molecule has 9 nitrogen and oxygen atoms in total. The van der Waals surface area contributed by atoms with Crippen LogP contribution in [0.5, 0.6) is 5.75 Å². The number of hydrogen-bond donors (Lipinski definition) is 0. The summed E-state index contributed by atoms with van der Waals surface area (Å²) in [5.41, 5.74) is 0.126. The fraction of sp³-hybridized carbons (Fsp3) is 0.536. The third-order valence-electron chi connectivity index (χ3n) is 7.34. The predicted molar refractivity (Wildman–Crippen MR) is 147 cm³/mol. The average molecular weight is 560 g/mol. The Hall–Kier alpha value is -3.11. The third kappa shape index (κ3) is 5.36. The molecule has 39 heavy (non-hydrogen) atoms. The number of nitrogens with zero attached hydrogens (tertiary/aromatic N) is 5. The van der Waals surface area contributed by atoms with E-state index in [1.54, 1.807) is 28.0 Å². The van der Waals surface area contributed by atoms with Crippen molar-refractivity contribution in [3.05, 3.63) is 40.7 Å². The predicted octanol–water partition coefficient (Wildman–Crippen LogP) is 4.14. The molecule has 0 radical (unpaired) electrons. The molecule has 4 heterocycles. The van der Waals surface area contributed by atoms with Crippen LogP contribution in [0.3, 0.4) is 0 Å². The van der Waals surface area contributed by atoms with Crippen molar-refractivity contribution in [3.8, 4) is 17.0 Å². The highest BCUT2D eigenvalue weighted by molar-refractivity contribution is 6.35. The molecule has 0 N–H and O–H groups in total. The lowest BCUT2D eigenvalue weighted by Gasteiger charge is -2.41. The van der Waals surface area contributed by atoms with Crippen LogP contribution in [0.4, 0.5) is 15.0 Å². The average Bonchev–Trinajstić information content (AvgIpc) is 3.01. The van der Waals surface area contributed by atoms with Gasteiger partial charge < -0.3 is 29.1 Å². The summed E-state index contributed by atoms with van der Waals surface area (Å²) in [6.45, 7) is 10.8. The van der Waals surface area contributed by atoms with E-state index in [0.717, 1.165) is 13.1 Å². The van der Waals surface area contributed by atoms with E-state index in [-0.39, 0.29) is 52.7 Å². The second-order valence-corrected chi connectivity index (χ2v) is 11.9. The molecule has 11 heteroatoms. The van der Waals surface area contributed by atoms with Crippen molar-refractivity contribution >= 4 is 29.4 Å². The summed E-state index contributed by atoms with van der Waals surface area (Å²) >= 11 is 6.85. The molecule has 0 saturated carbocycles. The molecule has 2 fully saturated rings. The molecule has 5 rings (SSSR count). The Balaban J connectivity index is 1.57. The van der Waals surface area contributed by atoms with Gasteiger partial charge in [0.25, 0.3) is 5.91 Å². The maximum absolute atomic E-state index is 14.9. The maximum Gasteiger partial charge on any atom is 0.410 e. The normalized spacial score (nSPS) is 22.1. The van der Waals surface area contributed by atoms with E-state index in [2.05, 4.69) is 23.8 Å². The van der Waals surface area contributed by atoms with Crippen LogP contribution in [-0.2, 0) is 4.74 Å².